The SMILES string of the molecule is CC/C(=N\C)c1cc(C)c(/C=C\CC=O)[nH]1. The number of rotatable bonds is 5. The number of aldehydes is 1. The number of aromatic nitrogens is 1. The zero-order valence-corrected chi connectivity index (χ0v) is 10.1. The van der Waals surface area contributed by atoms with Crippen LogP contribution in [0.25, 0.3) is 6.08 Å². The second kappa shape index (κ2) is 6.05. The molecule has 1 N–H and O–H groups in total. The summed E-state index contributed by atoms with van der Waals surface area (Å²) in [6.07, 6.45) is 6.05. The monoisotopic (exact) mass is 218 g/mol. The predicted molar refractivity (Wildman–Crippen MR) is 68.0 cm³/mol. The van der Waals surface area contributed by atoms with Gasteiger partial charge in [-0.3, -0.25) is 4.99 Å². The number of carbonyl (C=O) groups is 1. The topological polar surface area (TPSA) is 45.2 Å². The van der Waals surface area contributed by atoms with Crippen LogP contribution in [0.2, 0.25) is 0 Å². The van der Waals surface area contributed by atoms with Crippen LogP contribution in [0.1, 0.15) is 36.7 Å². The Labute approximate surface area is 96.3 Å². The number of aryl methyl sites for hydroxylation is 1. The largest absolute Gasteiger partial charge is 0.354 e. The van der Waals surface area contributed by atoms with Gasteiger partial charge < -0.3 is 9.78 Å². The zero-order chi connectivity index (χ0) is 12.0. The first-order valence-corrected chi connectivity index (χ1v) is 5.48. The highest BCUT2D eigenvalue weighted by molar-refractivity contribution is 5.99. The molecule has 0 radical (unpaired) electrons. The van der Waals surface area contributed by atoms with Gasteiger partial charge in [-0.2, -0.15) is 0 Å². The Hall–Kier alpha value is -1.64. The van der Waals surface area contributed by atoms with Crippen LogP contribution in [0, 0.1) is 6.92 Å². The van der Waals surface area contributed by atoms with Crippen LogP contribution in [0.15, 0.2) is 17.1 Å². The van der Waals surface area contributed by atoms with E-state index in [1.807, 2.05) is 19.1 Å². The fourth-order valence-electron chi connectivity index (χ4n) is 1.61. The lowest BCUT2D eigenvalue weighted by Crippen LogP contribution is -1.98. The third-order valence-corrected chi connectivity index (χ3v) is 2.49. The third-order valence-electron chi connectivity index (χ3n) is 2.49. The highest BCUT2D eigenvalue weighted by Gasteiger charge is 2.05. The number of H-pyrrole nitrogens is 1. The normalized spacial score (nSPS) is 12.3. The van der Waals surface area contributed by atoms with E-state index in [9.17, 15) is 4.79 Å². The lowest BCUT2D eigenvalue weighted by Gasteiger charge is -1.97. The van der Waals surface area contributed by atoms with Crippen molar-refractivity contribution in [2.45, 2.75) is 26.7 Å². The van der Waals surface area contributed by atoms with Gasteiger partial charge in [0.25, 0.3) is 0 Å². The van der Waals surface area contributed by atoms with Crippen molar-refractivity contribution in [2.24, 2.45) is 4.99 Å². The summed E-state index contributed by atoms with van der Waals surface area (Å²) < 4.78 is 0. The van der Waals surface area contributed by atoms with Gasteiger partial charge in [-0.05, 0) is 31.1 Å². The summed E-state index contributed by atoms with van der Waals surface area (Å²) in [5.74, 6) is 0. The van der Waals surface area contributed by atoms with Gasteiger partial charge in [0.1, 0.15) is 6.29 Å². The maximum atomic E-state index is 10.2. The molecule has 1 heterocycles. The number of nitrogens with zero attached hydrogens (tertiary/aromatic N) is 1. The van der Waals surface area contributed by atoms with Crippen molar-refractivity contribution in [3.05, 3.63) is 29.1 Å². The van der Waals surface area contributed by atoms with Crippen molar-refractivity contribution in [1.82, 2.24) is 4.98 Å². The van der Waals surface area contributed by atoms with E-state index in [-0.39, 0.29) is 0 Å². The highest BCUT2D eigenvalue weighted by Crippen LogP contribution is 2.13. The van der Waals surface area contributed by atoms with Gasteiger partial charge in [0.2, 0.25) is 0 Å². The molecule has 1 aromatic rings. The second-order valence-corrected chi connectivity index (χ2v) is 3.61. The minimum absolute atomic E-state index is 0.455. The van der Waals surface area contributed by atoms with Crippen LogP contribution in [0.3, 0.4) is 0 Å². The summed E-state index contributed by atoms with van der Waals surface area (Å²) >= 11 is 0. The molecule has 0 aliphatic carbocycles. The van der Waals surface area contributed by atoms with E-state index in [0.29, 0.717) is 6.42 Å². The number of hydrogen-bond acceptors (Lipinski definition) is 2. The molecule has 0 aliphatic rings. The molecule has 1 rings (SSSR count). The summed E-state index contributed by atoms with van der Waals surface area (Å²) in [5.41, 5.74) is 4.35. The summed E-state index contributed by atoms with van der Waals surface area (Å²) in [4.78, 5) is 17.7. The Balaban J connectivity index is 2.93. The summed E-state index contributed by atoms with van der Waals surface area (Å²) in [6, 6.07) is 2.09. The zero-order valence-electron chi connectivity index (χ0n) is 10.1. The van der Waals surface area contributed by atoms with Gasteiger partial charge in [-0.1, -0.05) is 13.0 Å². The first-order chi connectivity index (χ1) is 7.72. The second-order valence-electron chi connectivity index (χ2n) is 3.61. The molecule has 0 saturated carbocycles. The van der Waals surface area contributed by atoms with Crippen molar-refractivity contribution in [3.63, 3.8) is 0 Å². The molecule has 16 heavy (non-hydrogen) atoms. The molecule has 1 aromatic heterocycles. The minimum atomic E-state index is 0.455. The quantitative estimate of drug-likeness (QED) is 0.599. The maximum absolute atomic E-state index is 10.2. The number of nitrogens with one attached hydrogen (secondary N) is 1. The van der Waals surface area contributed by atoms with Crippen molar-refractivity contribution in [3.8, 4) is 0 Å². The first kappa shape index (κ1) is 12.4. The number of hydrogen-bond donors (Lipinski definition) is 1. The van der Waals surface area contributed by atoms with E-state index >= 15 is 0 Å². The molecule has 0 spiro atoms. The molecule has 0 amide bonds. The number of aromatic amines is 1. The summed E-state index contributed by atoms with van der Waals surface area (Å²) in [6.45, 7) is 4.13. The average Bonchev–Trinajstić information content (AvgIpc) is 2.63. The lowest BCUT2D eigenvalue weighted by molar-refractivity contribution is -0.107. The van der Waals surface area contributed by atoms with Crippen molar-refractivity contribution in [1.29, 1.82) is 0 Å². The molecule has 3 heteroatoms. The van der Waals surface area contributed by atoms with Crippen molar-refractivity contribution >= 4 is 18.1 Å². The lowest BCUT2D eigenvalue weighted by atomic mass is 10.2. The molecule has 0 atom stereocenters. The predicted octanol–water partition coefficient (Wildman–Crippen LogP) is 2.75. The Bertz CT molecular complexity index is 414. The van der Waals surface area contributed by atoms with E-state index in [0.717, 1.165) is 29.8 Å². The molecular formula is C13H18N2O. The van der Waals surface area contributed by atoms with Crippen LogP contribution in [0.5, 0.6) is 0 Å². The van der Waals surface area contributed by atoms with E-state index in [1.165, 1.54) is 5.56 Å². The Kier molecular flexibility index (Phi) is 4.70. The van der Waals surface area contributed by atoms with Crippen LogP contribution >= 0.6 is 0 Å². The van der Waals surface area contributed by atoms with E-state index in [2.05, 4.69) is 23.0 Å². The molecule has 0 unspecified atom stereocenters. The maximum Gasteiger partial charge on any atom is 0.123 e. The molecule has 0 aliphatic heterocycles. The highest BCUT2D eigenvalue weighted by atomic mass is 16.1. The number of allylic oxidation sites excluding steroid dienone is 1. The van der Waals surface area contributed by atoms with Gasteiger partial charge in [-0.25, -0.2) is 0 Å². The average molecular weight is 218 g/mol. The van der Waals surface area contributed by atoms with Gasteiger partial charge in [0, 0.05) is 19.2 Å². The molecule has 0 bridgehead atoms. The van der Waals surface area contributed by atoms with Crippen LogP contribution in [0.4, 0.5) is 0 Å². The first-order valence-electron chi connectivity index (χ1n) is 5.48. The minimum Gasteiger partial charge on any atom is -0.354 e. The van der Waals surface area contributed by atoms with Crippen molar-refractivity contribution < 1.29 is 4.79 Å². The number of carbonyl (C=O) groups excluding carboxylic acids is 1. The van der Waals surface area contributed by atoms with Crippen LogP contribution in [-0.4, -0.2) is 24.0 Å². The van der Waals surface area contributed by atoms with E-state index in [1.54, 1.807) is 7.05 Å². The third kappa shape index (κ3) is 2.92. The standard InChI is InChI=1S/C13H18N2O/c1-4-11(14-3)13-9-10(2)12(15-13)7-5-6-8-16/h5,7-9,15H,4,6H2,1-3H3/b7-5-,14-11+. The van der Waals surface area contributed by atoms with Gasteiger partial charge in [0.05, 0.1) is 11.4 Å². The van der Waals surface area contributed by atoms with E-state index < -0.39 is 0 Å². The summed E-state index contributed by atoms with van der Waals surface area (Å²) in [5, 5.41) is 0. The fourth-order valence-corrected chi connectivity index (χ4v) is 1.61. The van der Waals surface area contributed by atoms with E-state index in [4.69, 9.17) is 0 Å². The molecule has 0 fully saturated rings. The molecule has 86 valence electrons. The fraction of sp³-hybridized carbons (Fsp3) is 0.385. The smallest absolute Gasteiger partial charge is 0.123 e. The molecular weight excluding hydrogens is 200 g/mol. The molecule has 3 nitrogen and oxygen atoms in total. The Morgan fingerprint density at radius 3 is 2.88 bits per heavy atom. The van der Waals surface area contributed by atoms with Crippen LogP contribution in [-0.2, 0) is 4.79 Å². The number of aliphatic imine (C=N–C) groups is 1. The molecule has 0 saturated heterocycles. The van der Waals surface area contributed by atoms with Crippen LogP contribution < -0.4 is 0 Å². The Morgan fingerprint density at radius 1 is 1.56 bits per heavy atom. The molecule has 0 aromatic carbocycles. The van der Waals surface area contributed by atoms with Gasteiger partial charge in [-0.15, -0.1) is 0 Å². The Morgan fingerprint density at radius 2 is 2.31 bits per heavy atom. The van der Waals surface area contributed by atoms with Gasteiger partial charge in [0.15, 0.2) is 0 Å². The van der Waals surface area contributed by atoms with Gasteiger partial charge >= 0.3 is 0 Å². The summed E-state index contributed by atoms with van der Waals surface area (Å²) in [7, 11) is 1.80. The van der Waals surface area contributed by atoms with Crippen molar-refractivity contribution in [2.75, 3.05) is 7.05 Å².